The maximum atomic E-state index is 2.79. The largest absolute Gasteiger partial charge is 0.311 e. The van der Waals surface area contributed by atoms with Gasteiger partial charge in [0.1, 0.15) is 0 Å². The Morgan fingerprint density at radius 1 is 0.543 bits per heavy atom. The van der Waals surface area contributed by atoms with Gasteiger partial charge in [-0.3, -0.25) is 0 Å². The molecular weight excluding hydrogens is 864 g/mol. The molecule has 0 saturated carbocycles. The lowest BCUT2D eigenvalue weighted by molar-refractivity contribution is 0.332. The Kier molecular flexibility index (Phi) is 10.5. The molecule has 4 heteroatoms. The standard InChI is InChI=1S/C66H77BN2S/c1-18-41-22-27-54-57-58(41)68(44-25-26-47-48(36-44)64(12,13)31-30-63(47,10)11)59-46-37-49-50(66(16,17)33-32-65(49,14)15)38-55(46)70-60(59)67(57)51-35-43(62(7,8)9)24-29-53(51)69(54)52-28-23-42(61(4,5)6)34-45(52)56-39(2)20-19-21-40(56)3/h19-29,34-38H,18,30-33H2,1-17H3. The zero-order valence-electron chi connectivity index (χ0n) is 45.7. The van der Waals surface area contributed by atoms with Crippen LogP contribution < -0.4 is 25.5 Å². The topological polar surface area (TPSA) is 6.48 Å². The average Bonchev–Trinajstić information content (AvgIpc) is 3.66. The van der Waals surface area contributed by atoms with Crippen molar-refractivity contribution in [3.63, 3.8) is 0 Å². The molecule has 6 aromatic carbocycles. The molecule has 2 aliphatic heterocycles. The van der Waals surface area contributed by atoms with E-state index >= 15 is 0 Å². The quantitative estimate of drug-likeness (QED) is 0.162. The second-order valence-electron chi connectivity index (χ2n) is 26.7. The van der Waals surface area contributed by atoms with Gasteiger partial charge in [0, 0.05) is 43.2 Å². The number of nitrogens with zero attached hydrogens (tertiary/aromatic N) is 2. The highest BCUT2D eigenvalue weighted by molar-refractivity contribution is 7.33. The Balaban J connectivity index is 1.30. The van der Waals surface area contributed by atoms with Crippen LogP contribution in [0.15, 0.2) is 97.1 Å². The van der Waals surface area contributed by atoms with Gasteiger partial charge in [-0.2, -0.15) is 0 Å². The number of hydrogen-bond acceptors (Lipinski definition) is 3. The molecule has 360 valence electrons. The number of rotatable bonds is 4. The fraction of sp³-hybridized carbons (Fsp3) is 0.424. The van der Waals surface area contributed by atoms with E-state index in [9.17, 15) is 0 Å². The van der Waals surface area contributed by atoms with Crippen molar-refractivity contribution in [1.29, 1.82) is 0 Å². The molecule has 7 aromatic rings. The molecular formula is C66H77BN2S. The lowest BCUT2D eigenvalue weighted by Crippen LogP contribution is -2.61. The van der Waals surface area contributed by atoms with Gasteiger partial charge in [-0.1, -0.05) is 152 Å². The van der Waals surface area contributed by atoms with Gasteiger partial charge < -0.3 is 9.80 Å². The monoisotopic (exact) mass is 941 g/mol. The smallest absolute Gasteiger partial charge is 0.264 e. The molecule has 0 saturated heterocycles. The number of aryl methyl sites for hydroxylation is 3. The first-order chi connectivity index (χ1) is 32.7. The van der Waals surface area contributed by atoms with Crippen molar-refractivity contribution in [3.8, 4) is 11.1 Å². The summed E-state index contributed by atoms with van der Waals surface area (Å²) >= 11 is 2.07. The van der Waals surface area contributed by atoms with Gasteiger partial charge in [-0.15, -0.1) is 11.3 Å². The van der Waals surface area contributed by atoms with Gasteiger partial charge in [0.2, 0.25) is 0 Å². The zero-order valence-corrected chi connectivity index (χ0v) is 46.5. The second-order valence-corrected chi connectivity index (χ2v) is 27.8. The van der Waals surface area contributed by atoms with Crippen molar-refractivity contribution in [2.24, 2.45) is 0 Å². The molecule has 0 N–H and O–H groups in total. The molecule has 0 bridgehead atoms. The fourth-order valence-corrected chi connectivity index (χ4v) is 14.6. The Morgan fingerprint density at radius 2 is 1.09 bits per heavy atom. The van der Waals surface area contributed by atoms with Crippen LogP contribution in [-0.4, -0.2) is 6.71 Å². The van der Waals surface area contributed by atoms with Crippen molar-refractivity contribution < 1.29 is 0 Å². The molecule has 0 unspecified atom stereocenters. The van der Waals surface area contributed by atoms with E-state index in [2.05, 4.69) is 236 Å². The third-order valence-electron chi connectivity index (χ3n) is 18.0. The Hall–Kier alpha value is -5.06. The van der Waals surface area contributed by atoms with Gasteiger partial charge in [-0.25, -0.2) is 0 Å². The Labute approximate surface area is 426 Å². The Morgan fingerprint density at radius 3 is 1.69 bits per heavy atom. The molecule has 3 heterocycles. The molecule has 0 radical (unpaired) electrons. The predicted molar refractivity (Wildman–Crippen MR) is 308 cm³/mol. The highest BCUT2D eigenvalue weighted by Crippen LogP contribution is 2.55. The maximum absolute atomic E-state index is 2.79. The summed E-state index contributed by atoms with van der Waals surface area (Å²) in [6.45, 7) is 41.1. The van der Waals surface area contributed by atoms with E-state index in [0.29, 0.717) is 0 Å². The zero-order chi connectivity index (χ0) is 50.0. The lowest BCUT2D eigenvalue weighted by Gasteiger charge is -2.46. The molecule has 2 aliphatic carbocycles. The van der Waals surface area contributed by atoms with Crippen LogP contribution in [0.2, 0.25) is 0 Å². The van der Waals surface area contributed by atoms with Crippen LogP contribution in [0.5, 0.6) is 0 Å². The summed E-state index contributed by atoms with van der Waals surface area (Å²) in [7, 11) is 0. The number of anilines is 6. The van der Waals surface area contributed by atoms with Gasteiger partial charge in [0.05, 0.1) is 11.4 Å². The fourth-order valence-electron chi connectivity index (χ4n) is 13.3. The summed E-state index contributed by atoms with van der Waals surface area (Å²) in [6, 6.07) is 39.7. The normalized spacial score (nSPS) is 18.3. The highest BCUT2D eigenvalue weighted by atomic mass is 32.1. The maximum Gasteiger partial charge on any atom is 0.264 e. The van der Waals surface area contributed by atoms with E-state index < -0.39 is 0 Å². The minimum absolute atomic E-state index is 0.0152. The van der Waals surface area contributed by atoms with Crippen molar-refractivity contribution in [2.75, 3.05) is 9.80 Å². The lowest BCUT2D eigenvalue weighted by atomic mass is 9.35. The number of fused-ring (bicyclic) bond motifs is 8. The van der Waals surface area contributed by atoms with E-state index in [-0.39, 0.29) is 39.2 Å². The number of thiophene rings is 1. The molecule has 1 aromatic heterocycles. The average molecular weight is 941 g/mol. The number of benzene rings is 6. The van der Waals surface area contributed by atoms with Crippen molar-refractivity contribution in [3.05, 3.63) is 147 Å². The van der Waals surface area contributed by atoms with Crippen LogP contribution in [0, 0.1) is 13.8 Å². The summed E-state index contributed by atoms with van der Waals surface area (Å²) < 4.78 is 2.88. The van der Waals surface area contributed by atoms with Crippen LogP contribution in [0.25, 0.3) is 21.2 Å². The van der Waals surface area contributed by atoms with Crippen LogP contribution in [0.1, 0.15) is 180 Å². The van der Waals surface area contributed by atoms with E-state index in [1.165, 1.54) is 147 Å². The molecule has 4 aliphatic rings. The summed E-state index contributed by atoms with van der Waals surface area (Å²) in [6.07, 6.45) is 5.72. The highest BCUT2D eigenvalue weighted by Gasteiger charge is 2.48. The van der Waals surface area contributed by atoms with Crippen LogP contribution >= 0.6 is 11.3 Å². The minimum Gasteiger partial charge on any atom is -0.311 e. The number of hydrogen-bond donors (Lipinski definition) is 0. The van der Waals surface area contributed by atoms with Gasteiger partial charge in [-0.05, 0) is 194 Å². The molecule has 0 atom stereocenters. The van der Waals surface area contributed by atoms with Gasteiger partial charge >= 0.3 is 0 Å². The summed E-state index contributed by atoms with van der Waals surface area (Å²) in [5.41, 5.74) is 26.5. The molecule has 2 nitrogen and oxygen atoms in total. The first-order valence-corrected chi connectivity index (χ1v) is 27.4. The van der Waals surface area contributed by atoms with E-state index in [4.69, 9.17) is 0 Å². The SMILES string of the molecule is CCc1ccc2c3c1N(c1ccc4c(c1)C(C)(C)CCC4(C)C)c1c(sc4cc5c(cc14)C(C)(C)CCC5(C)C)B3c1cc(C(C)(C)C)ccc1N2c1ccc(C(C)(C)C)cc1-c1c(C)cccc1C. The predicted octanol–water partition coefficient (Wildman–Crippen LogP) is 17.1. The third kappa shape index (κ3) is 7.06. The third-order valence-corrected chi connectivity index (χ3v) is 19.2. The van der Waals surface area contributed by atoms with Crippen LogP contribution in [0.4, 0.5) is 34.1 Å². The van der Waals surface area contributed by atoms with Crippen LogP contribution in [-0.2, 0) is 38.9 Å². The van der Waals surface area contributed by atoms with Gasteiger partial charge in [0.15, 0.2) is 0 Å². The van der Waals surface area contributed by atoms with Crippen molar-refractivity contribution >= 4 is 78.0 Å². The summed E-state index contributed by atoms with van der Waals surface area (Å²) in [5, 5.41) is 1.41. The Bertz CT molecular complexity index is 3300. The van der Waals surface area contributed by atoms with Crippen LogP contribution in [0.3, 0.4) is 0 Å². The molecule has 0 spiro atoms. The summed E-state index contributed by atoms with van der Waals surface area (Å²) in [5.74, 6) is 0. The minimum atomic E-state index is -0.0321. The first kappa shape index (κ1) is 47.3. The summed E-state index contributed by atoms with van der Waals surface area (Å²) in [4.78, 5) is 5.47. The molecule has 70 heavy (non-hydrogen) atoms. The van der Waals surface area contributed by atoms with Crippen molar-refractivity contribution in [2.45, 2.75) is 182 Å². The molecule has 0 fully saturated rings. The van der Waals surface area contributed by atoms with Gasteiger partial charge in [0.25, 0.3) is 6.71 Å². The van der Waals surface area contributed by atoms with Crippen molar-refractivity contribution in [1.82, 2.24) is 0 Å². The van der Waals surface area contributed by atoms with E-state index in [1.807, 2.05) is 0 Å². The second kappa shape index (κ2) is 15.5. The van der Waals surface area contributed by atoms with E-state index in [1.54, 1.807) is 0 Å². The first-order valence-electron chi connectivity index (χ1n) is 26.6. The molecule has 11 rings (SSSR count). The van der Waals surface area contributed by atoms with E-state index in [0.717, 1.165) is 6.42 Å². The molecule has 0 amide bonds.